The molecule has 1 aromatic carbocycles. The van der Waals surface area contributed by atoms with E-state index in [-0.39, 0.29) is 0 Å². The molecule has 0 heterocycles. The lowest BCUT2D eigenvalue weighted by atomic mass is 9.95. The maximum absolute atomic E-state index is 10.7. The number of hydrogen-bond acceptors (Lipinski definition) is 1. The molecule has 0 radical (unpaired) electrons. The third-order valence-corrected chi connectivity index (χ3v) is 7.12. The van der Waals surface area contributed by atoms with Gasteiger partial charge in [-0.1, -0.05) is 86.1 Å². The molecule has 0 spiro atoms. The van der Waals surface area contributed by atoms with Crippen molar-refractivity contribution in [3.05, 3.63) is 42.1 Å². The van der Waals surface area contributed by atoms with E-state index in [9.17, 15) is 5.11 Å². The highest BCUT2D eigenvalue weighted by atomic mass is 28.3. The Kier molecular flexibility index (Phi) is 4.64. The summed E-state index contributed by atoms with van der Waals surface area (Å²) in [6.07, 6.45) is 8.86. The molecule has 0 saturated heterocycles. The SMILES string of the molecule is C[Si](C)(/C=C/C1(O)CCCCCC1)c1ccccc1. The second-order valence-corrected chi connectivity index (χ2v) is 10.8. The maximum atomic E-state index is 10.7. The van der Waals surface area contributed by atoms with Gasteiger partial charge in [-0.15, -0.1) is 0 Å². The molecule has 0 aliphatic heterocycles. The van der Waals surface area contributed by atoms with Gasteiger partial charge in [0.05, 0.1) is 5.60 Å². The fourth-order valence-corrected chi connectivity index (χ4v) is 4.81. The topological polar surface area (TPSA) is 20.2 Å². The van der Waals surface area contributed by atoms with E-state index in [0.29, 0.717) is 0 Å². The summed E-state index contributed by atoms with van der Waals surface area (Å²) in [5.41, 5.74) is 1.78. The Balaban J connectivity index is 2.12. The predicted molar refractivity (Wildman–Crippen MR) is 85.3 cm³/mol. The zero-order valence-electron chi connectivity index (χ0n) is 12.2. The smallest absolute Gasteiger partial charge is 0.103 e. The standard InChI is InChI=1S/C17H26OSi/c1-19(2,16-10-6-5-7-11-16)15-14-17(18)12-8-3-4-9-13-17/h5-7,10-11,14-15,18H,3-4,8-9,12-13H2,1-2H3/b15-14+. The minimum Gasteiger partial charge on any atom is -0.386 e. The molecule has 1 aromatic rings. The lowest BCUT2D eigenvalue weighted by Gasteiger charge is -2.25. The minimum absolute atomic E-state index is 0.546. The fraction of sp³-hybridized carbons (Fsp3) is 0.529. The van der Waals surface area contributed by atoms with Gasteiger partial charge < -0.3 is 5.11 Å². The Hall–Kier alpha value is -0.863. The lowest BCUT2D eigenvalue weighted by Crippen LogP contribution is -2.40. The van der Waals surface area contributed by atoms with Gasteiger partial charge in [-0.25, -0.2) is 0 Å². The molecule has 0 unspecified atom stereocenters. The zero-order valence-corrected chi connectivity index (χ0v) is 13.2. The first kappa shape index (κ1) is 14.5. The van der Waals surface area contributed by atoms with E-state index in [1.165, 1.54) is 18.0 Å². The van der Waals surface area contributed by atoms with Gasteiger partial charge in [-0.2, -0.15) is 0 Å². The number of hydrogen-bond donors (Lipinski definition) is 1. The van der Waals surface area contributed by atoms with Crippen molar-refractivity contribution >= 4 is 13.3 Å². The lowest BCUT2D eigenvalue weighted by molar-refractivity contribution is 0.0748. The van der Waals surface area contributed by atoms with Gasteiger partial charge >= 0.3 is 0 Å². The largest absolute Gasteiger partial charge is 0.386 e. The van der Waals surface area contributed by atoms with Gasteiger partial charge in [0, 0.05) is 0 Å². The van der Waals surface area contributed by atoms with E-state index in [1.807, 2.05) is 0 Å². The van der Waals surface area contributed by atoms with Crippen LogP contribution in [-0.4, -0.2) is 18.8 Å². The molecule has 2 rings (SSSR count). The first-order chi connectivity index (χ1) is 9.02. The molecule has 104 valence electrons. The molecule has 2 heteroatoms. The quantitative estimate of drug-likeness (QED) is 0.657. The molecule has 1 aliphatic rings. The van der Waals surface area contributed by atoms with Gasteiger partial charge in [0.2, 0.25) is 0 Å². The molecule has 0 amide bonds. The van der Waals surface area contributed by atoms with Crippen molar-refractivity contribution in [2.45, 2.75) is 57.2 Å². The highest BCUT2D eigenvalue weighted by Gasteiger charge is 2.27. The van der Waals surface area contributed by atoms with Crippen molar-refractivity contribution in [2.24, 2.45) is 0 Å². The predicted octanol–water partition coefficient (Wildman–Crippen LogP) is 3.78. The van der Waals surface area contributed by atoms with Gasteiger partial charge in [-0.3, -0.25) is 0 Å². The molecule has 1 fully saturated rings. The number of benzene rings is 1. The second-order valence-electron chi connectivity index (χ2n) is 6.44. The average molecular weight is 274 g/mol. The molecule has 1 saturated carbocycles. The van der Waals surface area contributed by atoms with Crippen LogP contribution in [0.25, 0.3) is 0 Å². The third kappa shape index (κ3) is 4.05. The van der Waals surface area contributed by atoms with Crippen LogP contribution < -0.4 is 5.19 Å². The van der Waals surface area contributed by atoms with Crippen LogP contribution in [0.1, 0.15) is 38.5 Å². The molecule has 1 aliphatic carbocycles. The number of aliphatic hydroxyl groups is 1. The van der Waals surface area contributed by atoms with Crippen LogP contribution in [0.5, 0.6) is 0 Å². The van der Waals surface area contributed by atoms with Gasteiger partial charge in [0.25, 0.3) is 0 Å². The van der Waals surface area contributed by atoms with Gasteiger partial charge in [-0.05, 0) is 12.8 Å². The van der Waals surface area contributed by atoms with Crippen LogP contribution >= 0.6 is 0 Å². The molecule has 0 atom stereocenters. The van der Waals surface area contributed by atoms with Gasteiger partial charge in [0.1, 0.15) is 8.07 Å². The molecule has 1 N–H and O–H groups in total. The Bertz CT molecular complexity index is 414. The Labute approximate surface area is 118 Å². The highest BCUT2D eigenvalue weighted by Crippen LogP contribution is 2.28. The number of rotatable bonds is 3. The van der Waals surface area contributed by atoms with Crippen LogP contribution in [0.3, 0.4) is 0 Å². The second kappa shape index (κ2) is 6.06. The van der Waals surface area contributed by atoms with Crippen LogP contribution in [-0.2, 0) is 0 Å². The summed E-state index contributed by atoms with van der Waals surface area (Å²) in [6.45, 7) is 4.69. The Morgan fingerprint density at radius 2 is 1.58 bits per heavy atom. The van der Waals surface area contributed by atoms with Crippen molar-refractivity contribution in [3.63, 3.8) is 0 Å². The van der Waals surface area contributed by atoms with Crippen molar-refractivity contribution in [1.82, 2.24) is 0 Å². The van der Waals surface area contributed by atoms with Crippen molar-refractivity contribution in [1.29, 1.82) is 0 Å². The van der Waals surface area contributed by atoms with Crippen molar-refractivity contribution in [2.75, 3.05) is 0 Å². The maximum Gasteiger partial charge on any atom is 0.103 e. The van der Waals surface area contributed by atoms with E-state index >= 15 is 0 Å². The van der Waals surface area contributed by atoms with Crippen molar-refractivity contribution in [3.8, 4) is 0 Å². The average Bonchev–Trinajstić information content (AvgIpc) is 2.63. The first-order valence-corrected chi connectivity index (χ1v) is 10.6. The first-order valence-electron chi connectivity index (χ1n) is 7.50. The molecule has 19 heavy (non-hydrogen) atoms. The third-order valence-electron chi connectivity index (χ3n) is 4.30. The van der Waals surface area contributed by atoms with Crippen LogP contribution in [0, 0.1) is 0 Å². The van der Waals surface area contributed by atoms with E-state index in [2.05, 4.69) is 55.2 Å². The van der Waals surface area contributed by atoms with E-state index in [0.717, 1.165) is 25.7 Å². The molecular weight excluding hydrogens is 248 g/mol. The Morgan fingerprint density at radius 1 is 1.00 bits per heavy atom. The summed E-state index contributed by atoms with van der Waals surface area (Å²) in [6, 6.07) is 10.7. The summed E-state index contributed by atoms with van der Waals surface area (Å²) in [7, 11) is -1.57. The molecule has 0 aromatic heterocycles. The van der Waals surface area contributed by atoms with Gasteiger partial charge in [0.15, 0.2) is 0 Å². The molecule has 1 nitrogen and oxygen atoms in total. The summed E-state index contributed by atoms with van der Waals surface area (Å²) in [4.78, 5) is 0. The summed E-state index contributed by atoms with van der Waals surface area (Å²) < 4.78 is 0. The van der Waals surface area contributed by atoms with Crippen molar-refractivity contribution < 1.29 is 5.11 Å². The normalized spacial score (nSPS) is 20.4. The summed E-state index contributed by atoms with van der Waals surface area (Å²) in [5.74, 6) is 0. The van der Waals surface area contributed by atoms with Crippen LogP contribution in [0.4, 0.5) is 0 Å². The molecule has 0 bridgehead atoms. The highest BCUT2D eigenvalue weighted by molar-refractivity contribution is 6.93. The fourth-order valence-electron chi connectivity index (χ4n) is 2.83. The van der Waals surface area contributed by atoms with E-state index in [1.54, 1.807) is 0 Å². The Morgan fingerprint density at radius 3 is 2.16 bits per heavy atom. The molecular formula is C17H26OSi. The zero-order chi connectivity index (χ0) is 13.8. The van der Waals surface area contributed by atoms with Crippen LogP contribution in [0.15, 0.2) is 42.1 Å². The van der Waals surface area contributed by atoms with E-state index in [4.69, 9.17) is 0 Å². The monoisotopic (exact) mass is 274 g/mol. The summed E-state index contributed by atoms with van der Waals surface area (Å²) in [5, 5.41) is 12.1. The minimum atomic E-state index is -1.57. The summed E-state index contributed by atoms with van der Waals surface area (Å²) >= 11 is 0. The van der Waals surface area contributed by atoms with Crippen LogP contribution in [0.2, 0.25) is 13.1 Å². The van der Waals surface area contributed by atoms with E-state index < -0.39 is 13.7 Å².